The Bertz CT molecular complexity index is 277. The topological polar surface area (TPSA) is 76.5 Å². The number of rotatable bonds is 6. The molecule has 0 saturated heterocycles. The van der Waals surface area contributed by atoms with E-state index in [4.69, 9.17) is 13.8 Å². The first kappa shape index (κ1) is 13.1. The maximum absolute atomic E-state index is 11.7. The lowest BCUT2D eigenvalue weighted by Gasteiger charge is -2.16. The largest absolute Gasteiger partial charge is 0.343 e. The van der Waals surface area contributed by atoms with Gasteiger partial charge in [0.15, 0.2) is 0 Å². The van der Waals surface area contributed by atoms with Crippen molar-refractivity contribution in [3.8, 4) is 0 Å². The van der Waals surface area contributed by atoms with Crippen molar-refractivity contribution in [3.63, 3.8) is 0 Å². The van der Waals surface area contributed by atoms with Crippen molar-refractivity contribution in [1.29, 1.82) is 4.78 Å². The molecule has 0 amide bonds. The molecule has 0 aromatic carbocycles. The zero-order valence-electron chi connectivity index (χ0n) is 8.11. The predicted molar refractivity (Wildman–Crippen MR) is 52.5 cm³/mol. The SMILES string of the molecule is CCOP(=O)(CS(C)(=N)=O)OCC. The average molecular weight is 229 g/mol. The van der Waals surface area contributed by atoms with E-state index in [-0.39, 0.29) is 18.7 Å². The minimum atomic E-state index is -3.30. The van der Waals surface area contributed by atoms with Crippen LogP contribution in [-0.2, 0) is 23.3 Å². The highest BCUT2D eigenvalue weighted by Gasteiger charge is 2.26. The third kappa shape index (κ3) is 6.21. The van der Waals surface area contributed by atoms with Gasteiger partial charge < -0.3 is 9.05 Å². The molecule has 0 fully saturated rings. The Morgan fingerprint density at radius 1 is 1.31 bits per heavy atom. The maximum Gasteiger partial charge on any atom is 0.343 e. The lowest BCUT2D eigenvalue weighted by Crippen LogP contribution is -2.07. The fourth-order valence-corrected chi connectivity index (χ4v) is 4.68. The van der Waals surface area contributed by atoms with Crippen molar-refractivity contribution in [2.75, 3.05) is 25.0 Å². The molecule has 0 aliphatic rings. The molecule has 1 N–H and O–H groups in total. The average Bonchev–Trinajstić information content (AvgIpc) is 1.82. The van der Waals surface area contributed by atoms with E-state index in [9.17, 15) is 8.77 Å². The molecule has 0 radical (unpaired) electrons. The molecule has 5 nitrogen and oxygen atoms in total. The third-order valence-electron chi connectivity index (χ3n) is 1.06. The van der Waals surface area contributed by atoms with E-state index in [1.54, 1.807) is 13.8 Å². The quantitative estimate of drug-likeness (QED) is 0.705. The zero-order valence-corrected chi connectivity index (χ0v) is 9.82. The van der Waals surface area contributed by atoms with Crippen molar-refractivity contribution in [1.82, 2.24) is 0 Å². The second kappa shape index (κ2) is 5.10. The highest BCUT2D eigenvalue weighted by atomic mass is 32.2. The molecule has 0 aliphatic heterocycles. The van der Waals surface area contributed by atoms with Gasteiger partial charge in [-0.2, -0.15) is 0 Å². The van der Waals surface area contributed by atoms with Gasteiger partial charge >= 0.3 is 7.60 Å². The Hall–Kier alpha value is 0.100. The van der Waals surface area contributed by atoms with Gasteiger partial charge in [-0.1, -0.05) is 0 Å². The minimum absolute atomic E-state index is 0.229. The van der Waals surface area contributed by atoms with Gasteiger partial charge in [0.1, 0.15) is 5.49 Å². The lowest BCUT2D eigenvalue weighted by atomic mass is 10.9. The van der Waals surface area contributed by atoms with E-state index in [2.05, 4.69) is 0 Å². The molecule has 0 spiro atoms. The molecule has 0 aromatic heterocycles. The molecule has 1 unspecified atom stereocenters. The number of hydrogen-bond acceptors (Lipinski definition) is 5. The molecule has 80 valence electrons. The van der Waals surface area contributed by atoms with Crippen molar-refractivity contribution in [2.45, 2.75) is 13.8 Å². The molecular weight excluding hydrogens is 213 g/mol. The van der Waals surface area contributed by atoms with Crippen LogP contribution in [0, 0.1) is 4.78 Å². The monoisotopic (exact) mass is 229 g/mol. The first-order chi connectivity index (χ1) is 5.83. The summed E-state index contributed by atoms with van der Waals surface area (Å²) in [6, 6.07) is 0. The van der Waals surface area contributed by atoms with Crippen LogP contribution in [-0.4, -0.2) is 29.2 Å². The molecule has 0 saturated carbocycles. The Labute approximate surface area is 79.3 Å². The molecule has 0 rings (SSSR count). The van der Waals surface area contributed by atoms with Crippen LogP contribution in [0.4, 0.5) is 0 Å². The summed E-state index contributed by atoms with van der Waals surface area (Å²) in [5.41, 5.74) is -0.332. The van der Waals surface area contributed by atoms with Gasteiger partial charge in [0.05, 0.1) is 22.9 Å². The molecule has 0 aromatic rings. The molecule has 1 atom stereocenters. The highest BCUT2D eigenvalue weighted by Crippen LogP contribution is 2.48. The van der Waals surface area contributed by atoms with Gasteiger partial charge in [0.2, 0.25) is 0 Å². The van der Waals surface area contributed by atoms with E-state index in [1.165, 1.54) is 6.26 Å². The van der Waals surface area contributed by atoms with Crippen LogP contribution in [0.1, 0.15) is 13.8 Å². The smallest absolute Gasteiger partial charge is 0.308 e. The first-order valence-corrected chi connectivity index (χ1v) is 7.79. The van der Waals surface area contributed by atoms with E-state index in [0.717, 1.165) is 0 Å². The highest BCUT2D eigenvalue weighted by molar-refractivity contribution is 7.97. The van der Waals surface area contributed by atoms with Gasteiger partial charge in [0, 0.05) is 6.26 Å². The van der Waals surface area contributed by atoms with Crippen LogP contribution in [0.25, 0.3) is 0 Å². The van der Waals surface area contributed by atoms with Crippen LogP contribution in [0.3, 0.4) is 0 Å². The van der Waals surface area contributed by atoms with Crippen molar-refractivity contribution in [3.05, 3.63) is 0 Å². The zero-order chi connectivity index (χ0) is 10.5. The molecule has 7 heteroatoms. The normalized spacial score (nSPS) is 16.8. The number of hydrogen-bond donors (Lipinski definition) is 1. The maximum atomic E-state index is 11.7. The summed E-state index contributed by atoms with van der Waals surface area (Å²) in [5, 5.41) is 0. The summed E-state index contributed by atoms with van der Waals surface area (Å²) in [5.74, 6) is 0. The second-order valence-corrected chi connectivity index (χ2v) is 7.36. The molecular formula is C6H16NO4PS. The Kier molecular flexibility index (Phi) is 5.14. The minimum Gasteiger partial charge on any atom is -0.308 e. The second-order valence-electron chi connectivity index (χ2n) is 2.58. The molecule has 13 heavy (non-hydrogen) atoms. The third-order valence-corrected chi connectivity index (χ3v) is 5.59. The van der Waals surface area contributed by atoms with Crippen LogP contribution in [0.2, 0.25) is 0 Å². The molecule has 0 heterocycles. The van der Waals surface area contributed by atoms with E-state index >= 15 is 0 Å². The lowest BCUT2D eigenvalue weighted by molar-refractivity contribution is 0.224. The Morgan fingerprint density at radius 3 is 1.92 bits per heavy atom. The van der Waals surface area contributed by atoms with Gasteiger partial charge in [-0.15, -0.1) is 0 Å². The molecule has 0 bridgehead atoms. The van der Waals surface area contributed by atoms with Crippen molar-refractivity contribution < 1.29 is 17.8 Å². The van der Waals surface area contributed by atoms with Crippen LogP contribution in [0.5, 0.6) is 0 Å². The molecule has 0 aliphatic carbocycles. The van der Waals surface area contributed by atoms with E-state index < -0.39 is 17.3 Å². The summed E-state index contributed by atoms with van der Waals surface area (Å²) >= 11 is 0. The number of nitrogens with one attached hydrogen (secondary N) is 1. The summed E-state index contributed by atoms with van der Waals surface area (Å²) in [7, 11) is -6.14. The van der Waals surface area contributed by atoms with Gasteiger partial charge in [-0.25, -0.2) is 4.21 Å². The van der Waals surface area contributed by atoms with E-state index in [1.807, 2.05) is 0 Å². The van der Waals surface area contributed by atoms with Gasteiger partial charge in [-0.05, 0) is 13.8 Å². The van der Waals surface area contributed by atoms with E-state index in [0.29, 0.717) is 0 Å². The summed E-state index contributed by atoms with van der Waals surface area (Å²) in [4.78, 5) is 0. The predicted octanol–water partition coefficient (Wildman–Crippen LogP) is 1.89. The van der Waals surface area contributed by atoms with Crippen LogP contribution < -0.4 is 0 Å². The fraction of sp³-hybridized carbons (Fsp3) is 1.00. The fourth-order valence-electron chi connectivity index (χ4n) is 0.807. The summed E-state index contributed by atoms with van der Waals surface area (Å²) in [6.07, 6.45) is 1.22. The summed E-state index contributed by atoms with van der Waals surface area (Å²) < 4.78 is 39.7. The first-order valence-electron chi connectivity index (χ1n) is 3.92. The summed E-state index contributed by atoms with van der Waals surface area (Å²) in [6.45, 7) is 3.81. The Balaban J connectivity index is 4.51. The Morgan fingerprint density at radius 2 is 1.69 bits per heavy atom. The van der Waals surface area contributed by atoms with Crippen molar-refractivity contribution in [2.24, 2.45) is 0 Å². The van der Waals surface area contributed by atoms with Crippen LogP contribution >= 0.6 is 7.60 Å². The van der Waals surface area contributed by atoms with Gasteiger partial charge in [-0.3, -0.25) is 9.34 Å². The standard InChI is InChI=1S/C6H16NO4PS/c1-4-10-12(8,11-5-2)6-13(3,7)9/h7H,4-6H2,1-3H3. The van der Waals surface area contributed by atoms with Gasteiger partial charge in [0.25, 0.3) is 0 Å². The van der Waals surface area contributed by atoms with Crippen LogP contribution in [0.15, 0.2) is 0 Å². The van der Waals surface area contributed by atoms with Crippen molar-refractivity contribution >= 4 is 17.3 Å².